The van der Waals surface area contributed by atoms with Crippen molar-refractivity contribution < 1.29 is 13.9 Å². The Morgan fingerprint density at radius 3 is 2.67 bits per heavy atom. The number of nitrogens with zero attached hydrogens (tertiary/aromatic N) is 3. The maximum atomic E-state index is 12.9. The van der Waals surface area contributed by atoms with Crippen LogP contribution in [0.3, 0.4) is 0 Å². The van der Waals surface area contributed by atoms with Crippen LogP contribution in [0.25, 0.3) is 0 Å². The van der Waals surface area contributed by atoms with Gasteiger partial charge in [0.05, 0.1) is 0 Å². The molecule has 0 aliphatic carbocycles. The van der Waals surface area contributed by atoms with Gasteiger partial charge in [0.25, 0.3) is 5.91 Å². The summed E-state index contributed by atoms with van der Waals surface area (Å²) in [6, 6.07) is 9.23. The zero-order chi connectivity index (χ0) is 16.4. The normalized spacial score (nSPS) is 24.2. The molecule has 3 heterocycles. The lowest BCUT2D eigenvalue weighted by Crippen LogP contribution is -2.38. The molecule has 1 aromatic heterocycles. The molecule has 2 aliphatic rings. The van der Waals surface area contributed by atoms with Crippen LogP contribution in [-0.2, 0) is 4.74 Å². The number of hydrogen-bond acceptors (Lipinski definition) is 5. The zero-order valence-electron chi connectivity index (χ0n) is 13.6. The van der Waals surface area contributed by atoms with Crippen molar-refractivity contribution in [3.63, 3.8) is 0 Å². The Kier molecular flexibility index (Phi) is 4.30. The number of rotatable bonds is 3. The highest BCUT2D eigenvalue weighted by Crippen LogP contribution is 2.34. The molecule has 6 nitrogen and oxygen atoms in total. The maximum Gasteiger partial charge on any atom is 0.254 e. The Hall–Kier alpha value is -2.21. The van der Waals surface area contributed by atoms with Gasteiger partial charge in [0.15, 0.2) is 0 Å². The van der Waals surface area contributed by atoms with Gasteiger partial charge >= 0.3 is 0 Å². The first-order valence-electron chi connectivity index (χ1n) is 8.64. The Bertz CT molecular complexity index is 695. The number of ether oxygens (including phenoxy) is 1. The van der Waals surface area contributed by atoms with E-state index < -0.39 is 0 Å². The molecule has 1 unspecified atom stereocenters. The van der Waals surface area contributed by atoms with Gasteiger partial charge in [-0.1, -0.05) is 18.2 Å². The molecule has 2 aromatic rings. The summed E-state index contributed by atoms with van der Waals surface area (Å²) in [4.78, 5) is 14.7. The largest absolute Gasteiger partial charge is 0.420 e. The van der Waals surface area contributed by atoms with Gasteiger partial charge in [-0.05, 0) is 44.2 Å². The number of amides is 1. The third-order valence-corrected chi connectivity index (χ3v) is 4.73. The molecule has 1 aromatic carbocycles. The van der Waals surface area contributed by atoms with Crippen LogP contribution in [0.5, 0.6) is 0 Å². The SMILES string of the molecule is O=C(c1ccccc1)N1CCCCC1c1nnc([C@H]2CCCO2)o1. The van der Waals surface area contributed by atoms with Gasteiger partial charge in [0.1, 0.15) is 12.1 Å². The molecular weight excluding hydrogens is 306 g/mol. The minimum absolute atomic E-state index is 0.0252. The van der Waals surface area contributed by atoms with Crippen LogP contribution >= 0.6 is 0 Å². The van der Waals surface area contributed by atoms with E-state index in [1.165, 1.54) is 0 Å². The van der Waals surface area contributed by atoms with Crippen molar-refractivity contribution in [1.82, 2.24) is 15.1 Å². The quantitative estimate of drug-likeness (QED) is 0.865. The second kappa shape index (κ2) is 6.73. The fraction of sp³-hybridized carbons (Fsp3) is 0.500. The standard InChI is InChI=1S/C18H21N3O3/c22-18(13-7-2-1-3-8-13)21-11-5-4-9-14(21)16-19-20-17(24-16)15-10-6-12-23-15/h1-3,7-8,14-15H,4-6,9-12H2/t14?,15-/m1/s1. The molecule has 4 rings (SSSR count). The van der Waals surface area contributed by atoms with E-state index in [1.54, 1.807) is 0 Å². The number of aromatic nitrogens is 2. The van der Waals surface area contributed by atoms with E-state index in [0.717, 1.165) is 45.3 Å². The summed E-state index contributed by atoms with van der Waals surface area (Å²) >= 11 is 0. The molecule has 126 valence electrons. The molecule has 2 aliphatic heterocycles. The summed E-state index contributed by atoms with van der Waals surface area (Å²) in [6.07, 6.45) is 4.76. The number of carbonyl (C=O) groups is 1. The molecule has 24 heavy (non-hydrogen) atoms. The van der Waals surface area contributed by atoms with Gasteiger partial charge in [-0.25, -0.2) is 0 Å². The molecule has 0 spiro atoms. The monoisotopic (exact) mass is 327 g/mol. The van der Waals surface area contributed by atoms with Crippen molar-refractivity contribution in [2.45, 2.75) is 44.2 Å². The predicted molar refractivity (Wildman–Crippen MR) is 86.3 cm³/mol. The van der Waals surface area contributed by atoms with Crippen LogP contribution in [0.1, 0.15) is 66.4 Å². The third-order valence-electron chi connectivity index (χ3n) is 4.73. The molecule has 2 atom stereocenters. The fourth-order valence-electron chi connectivity index (χ4n) is 3.46. The minimum atomic E-state index is -0.144. The number of piperidine rings is 1. The van der Waals surface area contributed by atoms with Crippen LogP contribution in [0, 0.1) is 0 Å². The summed E-state index contributed by atoms with van der Waals surface area (Å²) in [7, 11) is 0. The number of hydrogen-bond donors (Lipinski definition) is 0. The highest BCUT2D eigenvalue weighted by atomic mass is 16.5. The second-order valence-corrected chi connectivity index (χ2v) is 6.36. The summed E-state index contributed by atoms with van der Waals surface area (Å²) in [5, 5.41) is 8.38. The average molecular weight is 327 g/mol. The Labute approximate surface area is 140 Å². The molecular formula is C18H21N3O3. The van der Waals surface area contributed by atoms with E-state index >= 15 is 0 Å². The second-order valence-electron chi connectivity index (χ2n) is 6.36. The van der Waals surface area contributed by atoms with Gasteiger partial charge in [-0.3, -0.25) is 4.79 Å². The summed E-state index contributed by atoms with van der Waals surface area (Å²) in [6.45, 7) is 1.46. The molecule has 0 N–H and O–H groups in total. The van der Waals surface area contributed by atoms with Gasteiger partial charge in [0.2, 0.25) is 11.8 Å². The number of carbonyl (C=O) groups excluding carboxylic acids is 1. The van der Waals surface area contributed by atoms with E-state index in [0.29, 0.717) is 17.3 Å². The van der Waals surface area contributed by atoms with E-state index in [1.807, 2.05) is 35.2 Å². The topological polar surface area (TPSA) is 68.5 Å². The molecule has 0 radical (unpaired) electrons. The summed E-state index contributed by atoms with van der Waals surface area (Å²) in [5.74, 6) is 1.10. The number of likely N-dealkylation sites (tertiary alicyclic amines) is 1. The van der Waals surface area contributed by atoms with Crippen LogP contribution in [0.4, 0.5) is 0 Å². The lowest BCUT2D eigenvalue weighted by atomic mass is 10.0. The van der Waals surface area contributed by atoms with Gasteiger partial charge in [-0.15, -0.1) is 10.2 Å². The maximum absolute atomic E-state index is 12.9. The van der Waals surface area contributed by atoms with Gasteiger partial charge in [0, 0.05) is 18.7 Å². The van der Waals surface area contributed by atoms with Crippen LogP contribution in [0.2, 0.25) is 0 Å². The molecule has 2 saturated heterocycles. The molecule has 2 fully saturated rings. The molecule has 6 heteroatoms. The molecule has 1 amide bonds. The fourth-order valence-corrected chi connectivity index (χ4v) is 3.46. The third kappa shape index (κ3) is 2.94. The highest BCUT2D eigenvalue weighted by Gasteiger charge is 2.33. The predicted octanol–water partition coefficient (Wildman–Crippen LogP) is 3.29. The summed E-state index contributed by atoms with van der Waals surface area (Å²) in [5.41, 5.74) is 0.697. The molecule has 0 bridgehead atoms. The average Bonchev–Trinajstić information content (AvgIpc) is 3.33. The van der Waals surface area contributed by atoms with E-state index in [9.17, 15) is 4.79 Å². The first-order chi connectivity index (χ1) is 11.8. The van der Waals surface area contributed by atoms with Crippen molar-refractivity contribution in [3.05, 3.63) is 47.7 Å². The van der Waals surface area contributed by atoms with Gasteiger partial charge < -0.3 is 14.1 Å². The lowest BCUT2D eigenvalue weighted by Gasteiger charge is -2.33. The minimum Gasteiger partial charge on any atom is -0.420 e. The highest BCUT2D eigenvalue weighted by molar-refractivity contribution is 5.94. The molecule has 0 saturated carbocycles. The Morgan fingerprint density at radius 1 is 1.04 bits per heavy atom. The van der Waals surface area contributed by atoms with Crippen LogP contribution in [-0.4, -0.2) is 34.2 Å². The zero-order valence-corrected chi connectivity index (χ0v) is 13.6. The van der Waals surface area contributed by atoms with Crippen molar-refractivity contribution in [1.29, 1.82) is 0 Å². The Morgan fingerprint density at radius 2 is 1.88 bits per heavy atom. The van der Waals surface area contributed by atoms with Crippen molar-refractivity contribution in [2.75, 3.05) is 13.2 Å². The van der Waals surface area contributed by atoms with Crippen LogP contribution in [0.15, 0.2) is 34.7 Å². The van der Waals surface area contributed by atoms with Crippen molar-refractivity contribution in [2.24, 2.45) is 0 Å². The lowest BCUT2D eigenvalue weighted by molar-refractivity contribution is 0.0549. The number of benzene rings is 1. The Balaban J connectivity index is 1.57. The summed E-state index contributed by atoms with van der Waals surface area (Å²) < 4.78 is 11.5. The van der Waals surface area contributed by atoms with E-state index in [2.05, 4.69) is 10.2 Å². The van der Waals surface area contributed by atoms with E-state index in [4.69, 9.17) is 9.15 Å². The van der Waals surface area contributed by atoms with Gasteiger partial charge in [-0.2, -0.15) is 0 Å². The van der Waals surface area contributed by atoms with Crippen molar-refractivity contribution in [3.8, 4) is 0 Å². The van der Waals surface area contributed by atoms with Crippen LogP contribution < -0.4 is 0 Å². The van der Waals surface area contributed by atoms with Crippen molar-refractivity contribution >= 4 is 5.91 Å². The van der Waals surface area contributed by atoms with E-state index in [-0.39, 0.29) is 18.1 Å². The first-order valence-corrected chi connectivity index (χ1v) is 8.64. The first kappa shape index (κ1) is 15.3. The smallest absolute Gasteiger partial charge is 0.254 e.